The van der Waals surface area contributed by atoms with E-state index in [0.717, 1.165) is 18.7 Å². The molecule has 122 valence electrons. The van der Waals surface area contributed by atoms with E-state index in [2.05, 4.69) is 18.0 Å². The molecule has 1 saturated heterocycles. The number of amides is 1. The Bertz CT molecular complexity index is 535. The molecule has 2 N–H and O–H groups in total. The summed E-state index contributed by atoms with van der Waals surface area (Å²) >= 11 is 0. The molecule has 1 aromatic carbocycles. The van der Waals surface area contributed by atoms with Crippen LogP contribution in [0.3, 0.4) is 0 Å². The van der Waals surface area contributed by atoms with Gasteiger partial charge >= 0.3 is 0 Å². The van der Waals surface area contributed by atoms with Crippen LogP contribution in [0.4, 0.5) is 0 Å². The van der Waals surface area contributed by atoms with Gasteiger partial charge in [0.15, 0.2) is 0 Å². The lowest BCUT2D eigenvalue weighted by Gasteiger charge is -2.54. The normalized spacial score (nSPS) is 31.4. The molecule has 1 aromatic rings. The minimum absolute atomic E-state index is 0. The average Bonchev–Trinajstić information content (AvgIpc) is 2.46. The number of nitrogens with two attached hydrogens (primary N) is 1. The average molecular weight is 325 g/mol. The highest BCUT2D eigenvalue weighted by Gasteiger charge is 2.52. The van der Waals surface area contributed by atoms with Crippen LogP contribution in [0.25, 0.3) is 0 Å². The van der Waals surface area contributed by atoms with Crippen molar-refractivity contribution in [2.24, 2.45) is 17.6 Å². The van der Waals surface area contributed by atoms with Crippen molar-refractivity contribution >= 4 is 18.3 Å². The zero-order valence-corrected chi connectivity index (χ0v) is 14.1. The molecule has 1 amide bonds. The van der Waals surface area contributed by atoms with E-state index in [1.807, 2.05) is 19.2 Å². The van der Waals surface area contributed by atoms with Crippen LogP contribution >= 0.6 is 12.4 Å². The fraction of sp³-hybridized carbons (Fsp3) is 0.588. The second kappa shape index (κ2) is 6.57. The lowest BCUT2D eigenvalue weighted by Crippen LogP contribution is -2.58. The zero-order valence-electron chi connectivity index (χ0n) is 13.2. The first-order valence-electron chi connectivity index (χ1n) is 7.72. The Labute approximate surface area is 138 Å². The highest BCUT2D eigenvalue weighted by Crippen LogP contribution is 2.51. The van der Waals surface area contributed by atoms with E-state index in [1.165, 1.54) is 19.3 Å². The van der Waals surface area contributed by atoms with Crippen LogP contribution in [0.15, 0.2) is 24.3 Å². The van der Waals surface area contributed by atoms with Crippen LogP contribution < -0.4 is 5.73 Å². The number of hydrogen-bond donors (Lipinski definition) is 1. The number of benzene rings is 1. The number of carbonyl (C=O) groups excluding carboxylic acids is 1. The molecular formula is C17H25ClN2O2. The molecule has 0 aromatic heterocycles. The minimum Gasteiger partial charge on any atom is -0.373 e. The zero-order chi connectivity index (χ0) is 15.0. The van der Waals surface area contributed by atoms with Crippen LogP contribution in [0.1, 0.15) is 35.2 Å². The number of methoxy groups -OCH3 is 1. The Morgan fingerprint density at radius 2 is 1.95 bits per heavy atom. The van der Waals surface area contributed by atoms with Gasteiger partial charge in [-0.15, -0.1) is 12.4 Å². The van der Waals surface area contributed by atoms with Crippen LogP contribution in [0.5, 0.6) is 0 Å². The Hall–Kier alpha value is -1.10. The molecule has 3 rings (SSSR count). The number of likely N-dealkylation sites (tertiary alicyclic amines) is 1. The standard InChI is InChI=1S/C17H24N2O2.ClH/c1-19-10-14-7-4-8-15(11-19)17(14,21-2)13-6-3-5-12(9-13)16(18)20;/h3,5-6,9,14-15H,4,7-8,10-11H2,1-2H3,(H2,18,20);1H/t14-,15+,17-;. The van der Waals surface area contributed by atoms with E-state index < -0.39 is 0 Å². The first-order chi connectivity index (χ1) is 10.1. The maximum Gasteiger partial charge on any atom is 0.248 e. The van der Waals surface area contributed by atoms with Crippen molar-refractivity contribution in [3.8, 4) is 0 Å². The fourth-order valence-corrected chi connectivity index (χ4v) is 4.49. The number of ether oxygens (including phenoxy) is 1. The number of fused-ring (bicyclic) bond motifs is 2. The van der Waals surface area contributed by atoms with Gasteiger partial charge in [0.2, 0.25) is 5.91 Å². The summed E-state index contributed by atoms with van der Waals surface area (Å²) in [4.78, 5) is 13.9. The van der Waals surface area contributed by atoms with E-state index in [1.54, 1.807) is 6.07 Å². The Kier molecular flexibility index (Phi) is 5.15. The van der Waals surface area contributed by atoms with Crippen molar-refractivity contribution in [3.05, 3.63) is 35.4 Å². The number of halogens is 1. The highest BCUT2D eigenvalue weighted by atomic mass is 35.5. The van der Waals surface area contributed by atoms with Gasteiger partial charge in [-0.2, -0.15) is 0 Å². The van der Waals surface area contributed by atoms with Crippen molar-refractivity contribution in [1.82, 2.24) is 4.90 Å². The Morgan fingerprint density at radius 3 is 2.50 bits per heavy atom. The summed E-state index contributed by atoms with van der Waals surface area (Å²) in [6.45, 7) is 2.09. The van der Waals surface area contributed by atoms with Gasteiger partial charge < -0.3 is 15.4 Å². The van der Waals surface area contributed by atoms with Crippen LogP contribution in [-0.2, 0) is 10.3 Å². The molecule has 1 aliphatic carbocycles. The summed E-state index contributed by atoms with van der Waals surface area (Å²) in [7, 11) is 4.00. The molecule has 3 atom stereocenters. The lowest BCUT2D eigenvalue weighted by atomic mass is 9.62. The first kappa shape index (κ1) is 17.3. The summed E-state index contributed by atoms with van der Waals surface area (Å²) in [5, 5.41) is 0. The van der Waals surface area contributed by atoms with Crippen molar-refractivity contribution in [3.63, 3.8) is 0 Å². The summed E-state index contributed by atoms with van der Waals surface area (Å²) in [6, 6.07) is 7.72. The maximum absolute atomic E-state index is 11.5. The molecule has 0 radical (unpaired) electrons. The second-order valence-electron chi connectivity index (χ2n) is 6.49. The molecule has 5 heteroatoms. The summed E-state index contributed by atoms with van der Waals surface area (Å²) < 4.78 is 6.14. The van der Waals surface area contributed by atoms with E-state index in [-0.39, 0.29) is 23.9 Å². The number of hydrogen-bond acceptors (Lipinski definition) is 3. The molecule has 2 fully saturated rings. The molecule has 2 bridgehead atoms. The number of primary amides is 1. The van der Waals surface area contributed by atoms with Gasteiger partial charge in [0, 0.05) is 37.6 Å². The number of piperidine rings is 1. The number of nitrogens with zero attached hydrogens (tertiary/aromatic N) is 1. The third kappa shape index (κ3) is 2.64. The summed E-state index contributed by atoms with van der Waals surface area (Å²) in [5.74, 6) is 0.576. The maximum atomic E-state index is 11.5. The fourth-order valence-electron chi connectivity index (χ4n) is 4.49. The number of rotatable bonds is 3. The quantitative estimate of drug-likeness (QED) is 0.929. The second-order valence-corrected chi connectivity index (χ2v) is 6.49. The van der Waals surface area contributed by atoms with Crippen LogP contribution in [0.2, 0.25) is 0 Å². The predicted molar refractivity (Wildman–Crippen MR) is 89.2 cm³/mol. The lowest BCUT2D eigenvalue weighted by molar-refractivity contribution is -0.165. The Morgan fingerprint density at radius 1 is 1.32 bits per heavy atom. The topological polar surface area (TPSA) is 55.6 Å². The largest absolute Gasteiger partial charge is 0.373 e. The smallest absolute Gasteiger partial charge is 0.248 e. The molecule has 1 aliphatic heterocycles. The molecule has 1 heterocycles. The van der Waals surface area contributed by atoms with Crippen LogP contribution in [-0.4, -0.2) is 38.1 Å². The summed E-state index contributed by atoms with van der Waals surface area (Å²) in [6.07, 6.45) is 3.62. The molecule has 0 unspecified atom stereocenters. The van der Waals surface area contributed by atoms with Crippen molar-refractivity contribution in [2.45, 2.75) is 24.9 Å². The van der Waals surface area contributed by atoms with E-state index >= 15 is 0 Å². The highest BCUT2D eigenvalue weighted by molar-refractivity contribution is 5.92. The number of carbonyl (C=O) groups is 1. The van der Waals surface area contributed by atoms with Crippen molar-refractivity contribution in [1.29, 1.82) is 0 Å². The minimum atomic E-state index is -0.374. The van der Waals surface area contributed by atoms with E-state index in [0.29, 0.717) is 17.4 Å². The van der Waals surface area contributed by atoms with Crippen LogP contribution in [0, 0.1) is 11.8 Å². The van der Waals surface area contributed by atoms with E-state index in [4.69, 9.17) is 10.5 Å². The van der Waals surface area contributed by atoms with Gasteiger partial charge in [-0.3, -0.25) is 4.79 Å². The Balaban J connectivity index is 0.00000176. The molecular weight excluding hydrogens is 300 g/mol. The molecule has 4 nitrogen and oxygen atoms in total. The third-order valence-corrected chi connectivity index (χ3v) is 5.32. The molecule has 2 aliphatic rings. The van der Waals surface area contributed by atoms with Gasteiger partial charge in [-0.05, 0) is 37.6 Å². The van der Waals surface area contributed by atoms with E-state index in [9.17, 15) is 4.79 Å². The predicted octanol–water partition coefficient (Wildman–Crippen LogP) is 2.41. The van der Waals surface area contributed by atoms with Crippen molar-refractivity contribution in [2.75, 3.05) is 27.2 Å². The third-order valence-electron chi connectivity index (χ3n) is 5.32. The van der Waals surface area contributed by atoms with Gasteiger partial charge in [0.1, 0.15) is 5.60 Å². The van der Waals surface area contributed by atoms with Gasteiger partial charge in [-0.25, -0.2) is 0 Å². The molecule has 1 saturated carbocycles. The first-order valence-corrected chi connectivity index (χ1v) is 7.72. The van der Waals surface area contributed by atoms with Crippen molar-refractivity contribution < 1.29 is 9.53 Å². The monoisotopic (exact) mass is 324 g/mol. The molecule has 0 spiro atoms. The summed E-state index contributed by atoms with van der Waals surface area (Å²) in [5.41, 5.74) is 6.86. The SMILES string of the molecule is CO[C@]1(c2cccc(C(N)=O)c2)[C@@H]2CCC[C@H]1CN(C)C2.Cl. The van der Waals surface area contributed by atoms with Gasteiger partial charge in [-0.1, -0.05) is 18.6 Å². The van der Waals surface area contributed by atoms with Gasteiger partial charge in [0.25, 0.3) is 0 Å². The molecule has 22 heavy (non-hydrogen) atoms. The van der Waals surface area contributed by atoms with Gasteiger partial charge in [0.05, 0.1) is 0 Å².